The molecule has 0 radical (unpaired) electrons. The number of nitrogens with zero attached hydrogens (tertiary/aromatic N) is 2. The van der Waals surface area contributed by atoms with E-state index in [-0.39, 0.29) is 22.6 Å². The summed E-state index contributed by atoms with van der Waals surface area (Å²) < 4.78 is 40.0. The molecule has 0 amide bonds. The first kappa shape index (κ1) is 8.71. The highest BCUT2D eigenvalue weighted by molar-refractivity contribution is 6.03. The van der Waals surface area contributed by atoms with E-state index >= 15 is 0 Å². The van der Waals surface area contributed by atoms with Crippen LogP contribution in [-0.4, -0.2) is 21.1 Å². The Morgan fingerprint density at radius 3 is 3.05 bits per heavy atom. The average Bonchev–Trinajstić information content (AvgIpc) is 2.50. The molecule has 1 atom stereocenters. The van der Waals surface area contributed by atoms with Gasteiger partial charge in [0.25, 0.3) is 5.56 Å². The lowest BCUT2D eigenvalue weighted by molar-refractivity contribution is -0.132. The summed E-state index contributed by atoms with van der Waals surface area (Å²) in [7, 11) is 0. The monoisotopic (exact) mass is 290 g/mol. The van der Waals surface area contributed by atoms with Crippen molar-refractivity contribution in [2.24, 2.45) is 0 Å². The Hall–Kier alpha value is -2.50. The molecule has 1 aliphatic rings. The lowest BCUT2D eigenvalue weighted by atomic mass is 9.92. The van der Waals surface area contributed by atoms with Gasteiger partial charge in [0.1, 0.15) is 11.6 Å². The molecule has 2 aromatic rings. The minimum atomic E-state index is -2.37. The van der Waals surface area contributed by atoms with E-state index in [4.69, 9.17) is 12.6 Å². The van der Waals surface area contributed by atoms with E-state index in [0.29, 0.717) is 4.57 Å². The number of nitrogen functional groups attached to an aromatic ring is 1. The number of carbonyl (C=O) groups is 2. The van der Waals surface area contributed by atoms with Crippen LogP contribution in [0.25, 0.3) is 10.9 Å². The summed E-state index contributed by atoms with van der Waals surface area (Å²) in [5.74, 6) is -1.88. The third kappa shape index (κ3) is 2.12. The first-order valence-corrected chi connectivity index (χ1v) is 6.24. The summed E-state index contributed by atoms with van der Waals surface area (Å²) >= 11 is 0. The zero-order chi connectivity index (χ0) is 19.4. The van der Waals surface area contributed by atoms with E-state index in [1.807, 2.05) is 0 Å². The fraction of sp³-hybridized carbons (Fsp3) is 0.333. The largest absolute Gasteiger partial charge is 0.398 e. The Morgan fingerprint density at radius 2 is 2.33 bits per heavy atom. The quantitative estimate of drug-likeness (QED) is 0.628. The second-order valence-corrected chi connectivity index (χ2v) is 4.77. The van der Waals surface area contributed by atoms with Crippen molar-refractivity contribution in [2.45, 2.75) is 32.1 Å². The maximum Gasteiger partial charge on any atom is 0.264 e. The van der Waals surface area contributed by atoms with Gasteiger partial charge in [0.05, 0.1) is 24.7 Å². The fourth-order valence-electron chi connectivity index (χ4n) is 2.37. The first-order chi connectivity index (χ1) is 12.0. The van der Waals surface area contributed by atoms with Gasteiger partial charge >= 0.3 is 0 Å². The Bertz CT molecular complexity index is 1000. The normalized spacial score (nSPS) is 25.2. The zero-order valence-corrected chi connectivity index (χ0v) is 10.9. The van der Waals surface area contributed by atoms with Crippen LogP contribution in [0.3, 0.4) is 0 Å². The first-order valence-electron chi connectivity index (χ1n) is 8.90. The SMILES string of the molecule is [2H]c1ccc(N)c2c(=O)n(C3C(=O)CC(=O)CC3([2H])[2H])c(C([2H])[2H])nc12. The van der Waals surface area contributed by atoms with Crippen molar-refractivity contribution in [1.82, 2.24) is 9.55 Å². The van der Waals surface area contributed by atoms with Gasteiger partial charge < -0.3 is 5.73 Å². The highest BCUT2D eigenvalue weighted by Crippen LogP contribution is 2.24. The van der Waals surface area contributed by atoms with Crippen LogP contribution in [0.4, 0.5) is 5.69 Å². The van der Waals surface area contributed by atoms with E-state index in [9.17, 15) is 14.4 Å². The summed E-state index contributed by atoms with van der Waals surface area (Å²) in [6, 6.07) is 0.794. The molecule has 21 heavy (non-hydrogen) atoms. The van der Waals surface area contributed by atoms with Gasteiger partial charge in [-0.1, -0.05) is 6.07 Å². The van der Waals surface area contributed by atoms with Crippen LogP contribution < -0.4 is 11.3 Å². The highest BCUT2D eigenvalue weighted by atomic mass is 16.2. The predicted octanol–water partition coefficient (Wildman–Crippen LogP) is 1.15. The fourth-order valence-corrected chi connectivity index (χ4v) is 2.37. The molecule has 1 unspecified atom stereocenters. The Labute approximate surface area is 127 Å². The number of aryl methyl sites for hydroxylation is 1. The van der Waals surface area contributed by atoms with Crippen LogP contribution in [0.15, 0.2) is 23.0 Å². The summed E-state index contributed by atoms with van der Waals surface area (Å²) in [6.07, 6.45) is -3.48. The topological polar surface area (TPSA) is 95.0 Å². The number of hydrogen-bond acceptors (Lipinski definition) is 5. The van der Waals surface area contributed by atoms with E-state index in [1.54, 1.807) is 0 Å². The summed E-state index contributed by atoms with van der Waals surface area (Å²) in [5.41, 5.74) is 4.77. The lowest BCUT2D eigenvalue weighted by Gasteiger charge is -2.24. The molecule has 6 nitrogen and oxygen atoms in total. The lowest BCUT2D eigenvalue weighted by Crippen LogP contribution is -2.36. The van der Waals surface area contributed by atoms with Crippen molar-refractivity contribution in [3.05, 3.63) is 34.4 Å². The molecule has 1 fully saturated rings. The molecule has 1 saturated carbocycles. The minimum absolute atomic E-state index is 0.0137. The van der Waals surface area contributed by atoms with Crippen LogP contribution in [0.2, 0.25) is 0 Å². The number of anilines is 1. The third-order valence-corrected chi connectivity index (χ3v) is 3.34. The highest BCUT2D eigenvalue weighted by Gasteiger charge is 2.30. The number of carbonyl (C=O) groups excluding carboxylic acids is 2. The van der Waals surface area contributed by atoms with Crippen LogP contribution in [-0.2, 0) is 9.59 Å². The van der Waals surface area contributed by atoms with Gasteiger partial charge in [0.15, 0.2) is 5.78 Å². The number of ketones is 2. The molecule has 1 aromatic heterocycles. The van der Waals surface area contributed by atoms with Crippen molar-refractivity contribution in [3.8, 4) is 0 Å². The number of nitrogens with two attached hydrogens (primary N) is 1. The predicted molar refractivity (Wildman–Crippen MR) is 78.1 cm³/mol. The Balaban J connectivity index is 2.42. The maximum atomic E-state index is 13.0. The molecule has 6 heteroatoms. The van der Waals surface area contributed by atoms with Gasteiger partial charge in [-0.2, -0.15) is 0 Å². The molecule has 108 valence electrons. The second kappa shape index (κ2) is 4.80. The molecular formula is C15H15N3O3. The van der Waals surface area contributed by atoms with Crippen molar-refractivity contribution in [1.29, 1.82) is 0 Å². The third-order valence-electron chi connectivity index (χ3n) is 3.34. The summed E-state index contributed by atoms with van der Waals surface area (Å²) in [5, 5.41) is -0.178. The molecule has 0 saturated heterocycles. The van der Waals surface area contributed by atoms with Crippen molar-refractivity contribution in [2.75, 3.05) is 5.73 Å². The van der Waals surface area contributed by atoms with Gasteiger partial charge in [-0.05, 0) is 25.4 Å². The second-order valence-electron chi connectivity index (χ2n) is 4.77. The molecule has 1 heterocycles. The van der Waals surface area contributed by atoms with Crippen molar-refractivity contribution < 1.29 is 16.4 Å². The van der Waals surface area contributed by atoms with Gasteiger partial charge in [-0.15, -0.1) is 0 Å². The standard InChI is InChI=1S/C15H15N3O3/c1-8-17-11-4-2-3-10(16)14(11)15(21)18(8)12-6-5-9(19)7-13(12)20/h2-4,12H,5-7,16H2,1H3/i1D2,4D,6D2. The van der Waals surface area contributed by atoms with Gasteiger partial charge in [0.2, 0.25) is 0 Å². The molecule has 2 N–H and O–H groups in total. The number of fused-ring (bicyclic) bond motifs is 1. The zero-order valence-electron chi connectivity index (χ0n) is 15.9. The number of hydrogen-bond donors (Lipinski definition) is 1. The molecule has 1 aliphatic carbocycles. The molecule has 1 aromatic carbocycles. The number of aromatic nitrogens is 2. The van der Waals surface area contributed by atoms with Gasteiger partial charge in [-0.25, -0.2) is 4.98 Å². The number of rotatable bonds is 1. The van der Waals surface area contributed by atoms with E-state index in [0.717, 1.165) is 0 Å². The van der Waals surface area contributed by atoms with Gasteiger partial charge in [0, 0.05) is 17.6 Å². The van der Waals surface area contributed by atoms with Crippen LogP contribution in [0.5, 0.6) is 0 Å². The molecule has 0 spiro atoms. The Morgan fingerprint density at radius 1 is 1.52 bits per heavy atom. The van der Waals surface area contributed by atoms with Crippen molar-refractivity contribution in [3.63, 3.8) is 0 Å². The molecule has 0 aliphatic heterocycles. The number of benzene rings is 1. The van der Waals surface area contributed by atoms with E-state index in [1.165, 1.54) is 12.1 Å². The summed E-state index contributed by atoms with van der Waals surface area (Å²) in [4.78, 5) is 41.0. The molecule has 0 bridgehead atoms. The van der Waals surface area contributed by atoms with Gasteiger partial charge in [-0.3, -0.25) is 19.0 Å². The minimum Gasteiger partial charge on any atom is -0.398 e. The van der Waals surface area contributed by atoms with E-state index in [2.05, 4.69) is 4.98 Å². The van der Waals surface area contributed by atoms with Crippen LogP contribution >= 0.6 is 0 Å². The molecular weight excluding hydrogens is 270 g/mol. The van der Waals surface area contributed by atoms with E-state index < -0.39 is 55.1 Å². The number of Topliss-reactive ketones (excluding diaryl/α,β-unsaturated/α-hetero) is 2. The van der Waals surface area contributed by atoms with Crippen LogP contribution in [0.1, 0.15) is 37.9 Å². The molecule has 3 rings (SSSR count). The Kier molecular flexibility index (Phi) is 1.99. The van der Waals surface area contributed by atoms with Crippen molar-refractivity contribution >= 4 is 28.2 Å². The average molecular weight is 290 g/mol. The maximum absolute atomic E-state index is 13.0. The van der Waals surface area contributed by atoms with Crippen LogP contribution in [0, 0.1) is 6.88 Å². The smallest absolute Gasteiger partial charge is 0.264 e. The summed E-state index contributed by atoms with van der Waals surface area (Å²) in [6.45, 7) is -1.81.